The molecule has 0 aromatic carbocycles. The van der Waals surface area contributed by atoms with Gasteiger partial charge in [0.25, 0.3) is 0 Å². The van der Waals surface area contributed by atoms with E-state index in [4.69, 9.17) is 9.05 Å². The highest BCUT2D eigenvalue weighted by Gasteiger charge is 2.23. The summed E-state index contributed by atoms with van der Waals surface area (Å²) in [6, 6.07) is 0. The molecule has 80 valence electrons. The molecule has 0 rings (SSSR count). The van der Waals surface area contributed by atoms with Gasteiger partial charge in [-0.2, -0.15) is 0 Å². The van der Waals surface area contributed by atoms with Crippen LogP contribution in [0.5, 0.6) is 0 Å². The highest BCUT2D eigenvalue weighted by molar-refractivity contribution is 8.05. The van der Waals surface area contributed by atoms with Crippen molar-refractivity contribution in [2.75, 3.05) is 18.7 Å². The molecule has 0 radical (unpaired) electrons. The molecule has 0 aromatic rings. The van der Waals surface area contributed by atoms with Crippen LogP contribution in [0.1, 0.15) is 27.7 Å². The Balaban J connectivity index is 3.99. The topological polar surface area (TPSA) is 35.5 Å². The van der Waals surface area contributed by atoms with Crippen molar-refractivity contribution in [1.82, 2.24) is 0 Å². The zero-order valence-electron chi connectivity index (χ0n) is 8.78. The molecule has 5 heteroatoms. The summed E-state index contributed by atoms with van der Waals surface area (Å²) in [5.74, 6) is 0. The molecule has 0 bridgehead atoms. The Morgan fingerprint density at radius 3 is 2.00 bits per heavy atom. The van der Waals surface area contributed by atoms with Gasteiger partial charge in [-0.15, -0.1) is 11.8 Å². The van der Waals surface area contributed by atoms with Crippen LogP contribution in [-0.4, -0.2) is 24.0 Å². The Hall–Kier alpha value is 0.500. The van der Waals surface area contributed by atoms with Crippen LogP contribution >= 0.6 is 19.4 Å². The first-order valence-electron chi connectivity index (χ1n) is 4.53. The van der Waals surface area contributed by atoms with E-state index in [9.17, 15) is 4.57 Å². The zero-order chi connectivity index (χ0) is 10.3. The average molecular weight is 226 g/mol. The van der Waals surface area contributed by atoms with Gasteiger partial charge < -0.3 is 9.05 Å². The summed E-state index contributed by atoms with van der Waals surface area (Å²) >= 11 is 1.60. The Morgan fingerprint density at radius 1 is 1.23 bits per heavy atom. The Labute approximate surface area is 85.1 Å². The first-order chi connectivity index (χ1) is 6.04. The lowest BCUT2D eigenvalue weighted by atomic mass is 10.6. The van der Waals surface area contributed by atoms with Crippen LogP contribution < -0.4 is 0 Å². The second-order valence-corrected chi connectivity index (χ2v) is 6.84. The van der Waals surface area contributed by atoms with E-state index < -0.39 is 7.60 Å². The van der Waals surface area contributed by atoms with Crippen LogP contribution in [0.3, 0.4) is 0 Å². The molecule has 0 unspecified atom stereocenters. The van der Waals surface area contributed by atoms with Gasteiger partial charge in [0.1, 0.15) is 0 Å². The monoisotopic (exact) mass is 226 g/mol. The summed E-state index contributed by atoms with van der Waals surface area (Å²) < 4.78 is 22.1. The molecule has 13 heavy (non-hydrogen) atoms. The summed E-state index contributed by atoms with van der Waals surface area (Å²) in [7, 11) is -2.81. The summed E-state index contributed by atoms with van der Waals surface area (Å²) in [5, 5.41) is 0.453. The van der Waals surface area contributed by atoms with E-state index in [1.807, 2.05) is 13.8 Å². The van der Waals surface area contributed by atoms with E-state index >= 15 is 0 Å². The molecule has 0 N–H and O–H groups in total. The van der Waals surface area contributed by atoms with Crippen molar-refractivity contribution in [3.63, 3.8) is 0 Å². The van der Waals surface area contributed by atoms with Crippen molar-refractivity contribution in [3.05, 3.63) is 0 Å². The number of hydrogen-bond donors (Lipinski definition) is 0. The zero-order valence-corrected chi connectivity index (χ0v) is 10.5. The maximum Gasteiger partial charge on any atom is 0.340 e. The first kappa shape index (κ1) is 13.5. The van der Waals surface area contributed by atoms with Gasteiger partial charge in [0.05, 0.1) is 18.7 Å². The largest absolute Gasteiger partial charge is 0.340 e. The maximum absolute atomic E-state index is 11.9. The highest BCUT2D eigenvalue weighted by atomic mass is 32.2. The second kappa shape index (κ2) is 6.88. The summed E-state index contributed by atoms with van der Waals surface area (Å²) in [6.07, 6.45) is 0. The van der Waals surface area contributed by atoms with Crippen molar-refractivity contribution >= 4 is 19.4 Å². The molecule has 3 nitrogen and oxygen atoms in total. The normalized spacial score (nSPS) is 12.4. The summed E-state index contributed by atoms with van der Waals surface area (Å²) in [4.78, 5) is 0. The average Bonchev–Trinajstić information content (AvgIpc) is 2.02. The van der Waals surface area contributed by atoms with E-state index in [0.29, 0.717) is 24.0 Å². The standard InChI is InChI=1S/C8H19O3PS/c1-5-10-12(9,11-6-2)7-13-8(3)4/h8H,5-7H2,1-4H3. The highest BCUT2D eigenvalue weighted by Crippen LogP contribution is 2.51. The second-order valence-electron chi connectivity index (χ2n) is 2.79. The smallest absolute Gasteiger partial charge is 0.308 e. The molecule has 0 aromatic heterocycles. The third kappa shape index (κ3) is 6.55. The SMILES string of the molecule is CCOP(=O)(CSC(C)C)OCC. The Morgan fingerprint density at radius 2 is 1.69 bits per heavy atom. The van der Waals surface area contributed by atoms with Gasteiger partial charge in [0, 0.05) is 0 Å². The van der Waals surface area contributed by atoms with Gasteiger partial charge in [-0.1, -0.05) is 13.8 Å². The van der Waals surface area contributed by atoms with Crippen LogP contribution in [-0.2, 0) is 13.6 Å². The minimum Gasteiger partial charge on any atom is -0.308 e. The minimum absolute atomic E-state index is 0.440. The van der Waals surface area contributed by atoms with Gasteiger partial charge in [0.2, 0.25) is 0 Å². The number of hydrogen-bond acceptors (Lipinski definition) is 4. The van der Waals surface area contributed by atoms with Crippen molar-refractivity contribution < 1.29 is 13.6 Å². The lowest BCUT2D eigenvalue weighted by molar-refractivity contribution is 0.224. The van der Waals surface area contributed by atoms with Crippen LogP contribution in [0, 0.1) is 0 Å². The van der Waals surface area contributed by atoms with E-state index in [0.717, 1.165) is 0 Å². The van der Waals surface area contributed by atoms with Crippen molar-refractivity contribution in [3.8, 4) is 0 Å². The molecule has 0 atom stereocenters. The fraction of sp³-hybridized carbons (Fsp3) is 1.00. The summed E-state index contributed by atoms with van der Waals surface area (Å²) in [5.41, 5.74) is 0.451. The number of rotatable bonds is 7. The first-order valence-corrected chi connectivity index (χ1v) is 7.31. The fourth-order valence-electron chi connectivity index (χ4n) is 0.746. The Kier molecular flexibility index (Phi) is 7.15. The molecule has 0 amide bonds. The van der Waals surface area contributed by atoms with Crippen LogP contribution in [0.25, 0.3) is 0 Å². The molecular weight excluding hydrogens is 207 g/mol. The van der Waals surface area contributed by atoms with E-state index in [1.165, 1.54) is 0 Å². The van der Waals surface area contributed by atoms with E-state index in [1.54, 1.807) is 11.8 Å². The van der Waals surface area contributed by atoms with Crippen molar-refractivity contribution in [2.45, 2.75) is 32.9 Å². The van der Waals surface area contributed by atoms with Crippen LogP contribution in [0.4, 0.5) is 0 Å². The molecule has 0 fully saturated rings. The predicted molar refractivity (Wildman–Crippen MR) is 58.5 cm³/mol. The lowest BCUT2D eigenvalue weighted by Crippen LogP contribution is -2.00. The van der Waals surface area contributed by atoms with Crippen molar-refractivity contribution in [2.24, 2.45) is 0 Å². The third-order valence-corrected chi connectivity index (χ3v) is 5.05. The molecular formula is C8H19O3PS. The minimum atomic E-state index is -2.81. The predicted octanol–water partition coefficient (Wildman–Crippen LogP) is 3.35. The Bertz CT molecular complexity index is 163. The third-order valence-electron chi connectivity index (χ3n) is 1.22. The van der Waals surface area contributed by atoms with Crippen molar-refractivity contribution in [1.29, 1.82) is 0 Å². The fourth-order valence-corrected chi connectivity index (χ4v) is 4.13. The van der Waals surface area contributed by atoms with E-state index in [-0.39, 0.29) is 0 Å². The quantitative estimate of drug-likeness (QED) is 0.624. The summed E-state index contributed by atoms with van der Waals surface area (Å²) in [6.45, 7) is 8.66. The van der Waals surface area contributed by atoms with Gasteiger partial charge in [-0.3, -0.25) is 4.57 Å². The molecule has 0 aliphatic heterocycles. The molecule has 0 spiro atoms. The number of thioether (sulfide) groups is 1. The molecule has 0 heterocycles. The lowest BCUT2D eigenvalue weighted by Gasteiger charge is -2.17. The molecule has 0 saturated heterocycles. The van der Waals surface area contributed by atoms with Gasteiger partial charge in [0.15, 0.2) is 0 Å². The molecule has 0 aliphatic rings. The van der Waals surface area contributed by atoms with E-state index in [2.05, 4.69) is 13.8 Å². The molecule has 0 saturated carbocycles. The van der Waals surface area contributed by atoms with Crippen LogP contribution in [0.15, 0.2) is 0 Å². The maximum atomic E-state index is 11.9. The van der Waals surface area contributed by atoms with Gasteiger partial charge in [-0.05, 0) is 19.1 Å². The van der Waals surface area contributed by atoms with Gasteiger partial charge in [-0.25, -0.2) is 0 Å². The van der Waals surface area contributed by atoms with Crippen LogP contribution in [0.2, 0.25) is 0 Å². The molecule has 0 aliphatic carbocycles. The van der Waals surface area contributed by atoms with Gasteiger partial charge >= 0.3 is 7.60 Å².